The number of nitrogens with one attached hydrogen (secondary N) is 1. The molecular formula is C16H15ClF3NO3. The summed E-state index contributed by atoms with van der Waals surface area (Å²) in [6, 6.07) is 6.07. The molecule has 0 bridgehead atoms. The van der Waals surface area contributed by atoms with E-state index in [1.807, 2.05) is 0 Å². The van der Waals surface area contributed by atoms with Crippen molar-refractivity contribution in [2.75, 3.05) is 7.11 Å². The summed E-state index contributed by atoms with van der Waals surface area (Å²) in [5.41, 5.74) is -4.18. The SMILES string of the molecule is COc1ccc(C(C)C(O)(c2ccc(=O)[nH]c2)C(F)(F)F)c(Cl)c1. The Hall–Kier alpha value is -1.99. The molecule has 0 aliphatic carbocycles. The standard InChI is InChI=1S/C16H15ClF3NO3/c1-9(12-5-4-11(24-2)7-13(12)17)15(23,16(18,19)20)10-3-6-14(22)21-8-10/h3-9,23H,1-2H3,(H,21,22). The number of aromatic nitrogens is 1. The molecule has 0 radical (unpaired) electrons. The summed E-state index contributed by atoms with van der Waals surface area (Å²) in [5, 5.41) is 10.6. The van der Waals surface area contributed by atoms with Crippen LogP contribution in [0.5, 0.6) is 5.75 Å². The maximum absolute atomic E-state index is 13.7. The number of aromatic amines is 1. The van der Waals surface area contributed by atoms with Crippen molar-refractivity contribution in [3.63, 3.8) is 0 Å². The van der Waals surface area contributed by atoms with Gasteiger partial charge in [0.05, 0.1) is 7.11 Å². The van der Waals surface area contributed by atoms with Crippen LogP contribution in [0.1, 0.15) is 24.0 Å². The van der Waals surface area contributed by atoms with Gasteiger partial charge >= 0.3 is 6.18 Å². The molecule has 0 saturated heterocycles. The second-order valence-corrected chi connectivity index (χ2v) is 5.72. The van der Waals surface area contributed by atoms with Gasteiger partial charge in [0, 0.05) is 28.8 Å². The van der Waals surface area contributed by atoms with Gasteiger partial charge < -0.3 is 14.8 Å². The number of benzene rings is 1. The average molecular weight is 362 g/mol. The van der Waals surface area contributed by atoms with Gasteiger partial charge in [0.25, 0.3) is 0 Å². The van der Waals surface area contributed by atoms with Gasteiger partial charge in [-0.3, -0.25) is 4.79 Å². The number of alkyl halides is 3. The Balaban J connectivity index is 2.60. The lowest BCUT2D eigenvalue weighted by Gasteiger charge is -2.36. The fourth-order valence-corrected chi connectivity index (χ4v) is 2.85. The first-order chi connectivity index (χ1) is 11.1. The van der Waals surface area contributed by atoms with E-state index < -0.39 is 28.8 Å². The van der Waals surface area contributed by atoms with Crippen LogP contribution in [0.3, 0.4) is 0 Å². The highest BCUT2D eigenvalue weighted by molar-refractivity contribution is 6.31. The maximum atomic E-state index is 13.7. The zero-order chi connectivity index (χ0) is 18.1. The lowest BCUT2D eigenvalue weighted by atomic mass is 9.78. The third kappa shape index (κ3) is 3.14. The van der Waals surface area contributed by atoms with Gasteiger partial charge in [-0.25, -0.2) is 0 Å². The third-order valence-electron chi connectivity index (χ3n) is 3.96. The first kappa shape index (κ1) is 18.4. The summed E-state index contributed by atoms with van der Waals surface area (Å²) in [6.45, 7) is 1.21. The highest BCUT2D eigenvalue weighted by Gasteiger charge is 2.59. The van der Waals surface area contributed by atoms with E-state index in [1.54, 1.807) is 0 Å². The zero-order valence-electron chi connectivity index (χ0n) is 12.8. The number of methoxy groups -OCH3 is 1. The van der Waals surface area contributed by atoms with Crippen molar-refractivity contribution in [2.45, 2.75) is 24.6 Å². The lowest BCUT2D eigenvalue weighted by molar-refractivity contribution is -0.274. The van der Waals surface area contributed by atoms with Crippen LogP contribution >= 0.6 is 11.6 Å². The molecule has 0 fully saturated rings. The monoisotopic (exact) mass is 361 g/mol. The van der Waals surface area contributed by atoms with Crippen LogP contribution in [-0.2, 0) is 5.60 Å². The fraction of sp³-hybridized carbons (Fsp3) is 0.312. The van der Waals surface area contributed by atoms with E-state index in [1.165, 1.54) is 32.2 Å². The topological polar surface area (TPSA) is 62.3 Å². The van der Waals surface area contributed by atoms with Gasteiger partial charge in [0.1, 0.15) is 5.75 Å². The van der Waals surface area contributed by atoms with E-state index in [2.05, 4.69) is 4.98 Å². The zero-order valence-corrected chi connectivity index (χ0v) is 13.6. The molecule has 2 unspecified atom stereocenters. The van der Waals surface area contributed by atoms with E-state index in [0.29, 0.717) is 5.75 Å². The third-order valence-corrected chi connectivity index (χ3v) is 4.28. The molecule has 2 atom stereocenters. The number of hydrogen-bond donors (Lipinski definition) is 2. The Morgan fingerprint density at radius 1 is 1.25 bits per heavy atom. The van der Waals surface area contributed by atoms with Crippen LogP contribution in [0.15, 0.2) is 41.3 Å². The molecule has 1 aromatic heterocycles. The van der Waals surface area contributed by atoms with E-state index >= 15 is 0 Å². The van der Waals surface area contributed by atoms with Gasteiger partial charge in [-0.2, -0.15) is 13.2 Å². The Bertz CT molecular complexity index is 770. The van der Waals surface area contributed by atoms with Gasteiger partial charge in [0.15, 0.2) is 5.60 Å². The summed E-state index contributed by atoms with van der Waals surface area (Å²) in [4.78, 5) is 13.3. The summed E-state index contributed by atoms with van der Waals surface area (Å²) < 4.78 is 46.1. The van der Waals surface area contributed by atoms with E-state index in [-0.39, 0.29) is 10.6 Å². The highest BCUT2D eigenvalue weighted by Crippen LogP contribution is 2.49. The van der Waals surface area contributed by atoms with Crippen LogP contribution in [-0.4, -0.2) is 23.4 Å². The molecule has 0 aliphatic heterocycles. The molecule has 1 heterocycles. The number of H-pyrrole nitrogens is 1. The number of hydrogen-bond acceptors (Lipinski definition) is 3. The minimum atomic E-state index is -4.99. The lowest BCUT2D eigenvalue weighted by Crippen LogP contribution is -2.46. The molecule has 0 spiro atoms. The Kier molecular flexibility index (Phi) is 4.96. The predicted octanol–water partition coefficient (Wildman–Crippen LogP) is 3.59. The number of rotatable bonds is 4. The van der Waals surface area contributed by atoms with Gasteiger partial charge in [-0.05, 0) is 23.8 Å². The molecule has 130 valence electrons. The molecule has 0 amide bonds. The van der Waals surface area contributed by atoms with Crippen LogP contribution < -0.4 is 10.3 Å². The molecular weight excluding hydrogens is 347 g/mol. The summed E-state index contributed by atoms with van der Waals surface area (Å²) in [5.74, 6) is -1.04. The minimum Gasteiger partial charge on any atom is -0.497 e. The molecule has 2 rings (SSSR count). The molecule has 0 saturated carbocycles. The van der Waals surface area contributed by atoms with Gasteiger partial charge in [-0.1, -0.05) is 24.6 Å². The van der Waals surface area contributed by atoms with E-state index in [0.717, 1.165) is 18.3 Å². The van der Waals surface area contributed by atoms with Gasteiger partial charge in [-0.15, -0.1) is 0 Å². The normalized spacial score (nSPS) is 15.6. The number of ether oxygens (including phenoxy) is 1. The number of halogens is 4. The molecule has 0 aliphatic rings. The first-order valence-electron chi connectivity index (χ1n) is 6.93. The minimum absolute atomic E-state index is 0.0361. The van der Waals surface area contributed by atoms with Crippen LogP contribution in [0.4, 0.5) is 13.2 Å². The van der Waals surface area contributed by atoms with Crippen molar-refractivity contribution in [2.24, 2.45) is 0 Å². The molecule has 24 heavy (non-hydrogen) atoms. The summed E-state index contributed by atoms with van der Waals surface area (Å²) in [6.07, 6.45) is -4.14. The molecule has 8 heteroatoms. The predicted molar refractivity (Wildman–Crippen MR) is 83.4 cm³/mol. The fourth-order valence-electron chi connectivity index (χ4n) is 2.52. The van der Waals surface area contributed by atoms with Crippen molar-refractivity contribution in [3.05, 3.63) is 63.0 Å². The number of pyridine rings is 1. The van der Waals surface area contributed by atoms with Gasteiger partial charge in [0.2, 0.25) is 5.56 Å². The average Bonchev–Trinajstić information content (AvgIpc) is 2.53. The first-order valence-corrected chi connectivity index (χ1v) is 7.30. The van der Waals surface area contributed by atoms with Crippen LogP contribution in [0.2, 0.25) is 5.02 Å². The Labute approximate surface area is 140 Å². The molecule has 4 nitrogen and oxygen atoms in total. The number of aliphatic hydroxyl groups is 1. The molecule has 1 aromatic carbocycles. The van der Waals surface area contributed by atoms with Crippen molar-refractivity contribution in [1.82, 2.24) is 4.98 Å². The molecule has 2 aromatic rings. The molecule has 2 N–H and O–H groups in total. The maximum Gasteiger partial charge on any atom is 0.422 e. The Morgan fingerprint density at radius 2 is 1.92 bits per heavy atom. The van der Waals surface area contributed by atoms with Crippen molar-refractivity contribution < 1.29 is 23.0 Å². The smallest absolute Gasteiger partial charge is 0.422 e. The summed E-state index contributed by atoms with van der Waals surface area (Å²) >= 11 is 6.06. The van der Waals surface area contributed by atoms with E-state index in [4.69, 9.17) is 16.3 Å². The van der Waals surface area contributed by atoms with Crippen LogP contribution in [0.25, 0.3) is 0 Å². The highest BCUT2D eigenvalue weighted by atomic mass is 35.5. The second-order valence-electron chi connectivity index (χ2n) is 5.31. The van der Waals surface area contributed by atoms with Crippen molar-refractivity contribution in [1.29, 1.82) is 0 Å². The van der Waals surface area contributed by atoms with Crippen LogP contribution in [0, 0.1) is 0 Å². The largest absolute Gasteiger partial charge is 0.497 e. The van der Waals surface area contributed by atoms with E-state index in [9.17, 15) is 23.1 Å². The van der Waals surface area contributed by atoms with Crippen molar-refractivity contribution >= 4 is 11.6 Å². The van der Waals surface area contributed by atoms with Crippen molar-refractivity contribution in [3.8, 4) is 5.75 Å². The Morgan fingerprint density at radius 3 is 2.38 bits per heavy atom. The quantitative estimate of drug-likeness (QED) is 0.874. The second kappa shape index (κ2) is 6.49. The summed E-state index contributed by atoms with van der Waals surface area (Å²) in [7, 11) is 1.40.